The van der Waals surface area contributed by atoms with E-state index in [1.54, 1.807) is 0 Å². The quantitative estimate of drug-likeness (QED) is 0.596. The minimum absolute atomic E-state index is 0.405. The van der Waals surface area contributed by atoms with E-state index in [9.17, 15) is 0 Å². The Bertz CT molecular complexity index is 425. The zero-order valence-corrected chi connectivity index (χ0v) is 14.5. The van der Waals surface area contributed by atoms with Crippen LogP contribution in [0, 0.1) is 5.92 Å². The first-order chi connectivity index (χ1) is 10.2. The summed E-state index contributed by atoms with van der Waals surface area (Å²) in [7, 11) is 0. The summed E-state index contributed by atoms with van der Waals surface area (Å²) < 4.78 is 0. The van der Waals surface area contributed by atoms with Gasteiger partial charge in [0.1, 0.15) is 0 Å². The number of hydrogen-bond acceptors (Lipinski definition) is 1. The van der Waals surface area contributed by atoms with Gasteiger partial charge in [-0.3, -0.25) is 0 Å². The van der Waals surface area contributed by atoms with Gasteiger partial charge >= 0.3 is 0 Å². The van der Waals surface area contributed by atoms with E-state index in [1.807, 2.05) is 12.1 Å². The Morgan fingerprint density at radius 3 is 2.43 bits per heavy atom. The molecule has 1 aliphatic rings. The van der Waals surface area contributed by atoms with E-state index >= 15 is 0 Å². The highest BCUT2D eigenvalue weighted by Gasteiger charge is 2.19. The fourth-order valence-electron chi connectivity index (χ4n) is 3.32. The smallest absolute Gasteiger partial charge is 0.0595 e. The third kappa shape index (κ3) is 5.47. The first kappa shape index (κ1) is 17.1. The minimum Gasteiger partial charge on any atom is -0.310 e. The van der Waals surface area contributed by atoms with Gasteiger partial charge in [-0.15, -0.1) is 0 Å². The molecule has 1 aromatic rings. The van der Waals surface area contributed by atoms with Crippen LogP contribution in [0.15, 0.2) is 18.2 Å². The molecular formula is C18H27Cl2N. The van der Waals surface area contributed by atoms with Crippen LogP contribution < -0.4 is 5.32 Å². The number of benzene rings is 1. The number of halogens is 2. The van der Waals surface area contributed by atoms with E-state index in [0.717, 1.165) is 18.9 Å². The molecule has 1 aromatic carbocycles. The molecule has 1 atom stereocenters. The van der Waals surface area contributed by atoms with Crippen LogP contribution in [0.2, 0.25) is 10.0 Å². The molecule has 0 bridgehead atoms. The van der Waals surface area contributed by atoms with E-state index < -0.39 is 0 Å². The standard InChI is InChI=1S/C18H27Cl2N/c1-2-11-21-18(12-14-7-5-3-4-6-8-14)15-9-10-16(19)17(20)13-15/h9-10,13-14,18,21H,2-8,11-12H2,1H3. The van der Waals surface area contributed by atoms with E-state index in [1.165, 1.54) is 50.5 Å². The first-order valence-corrected chi connectivity index (χ1v) is 9.14. The van der Waals surface area contributed by atoms with Gasteiger partial charge in [-0.2, -0.15) is 0 Å². The summed E-state index contributed by atoms with van der Waals surface area (Å²) in [5.41, 5.74) is 1.28. The molecule has 1 fully saturated rings. The van der Waals surface area contributed by atoms with Crippen molar-refractivity contribution < 1.29 is 0 Å². The van der Waals surface area contributed by atoms with Crippen LogP contribution >= 0.6 is 23.2 Å². The van der Waals surface area contributed by atoms with Gasteiger partial charge in [0.2, 0.25) is 0 Å². The molecule has 3 heteroatoms. The topological polar surface area (TPSA) is 12.0 Å². The number of hydrogen-bond donors (Lipinski definition) is 1. The molecule has 0 saturated heterocycles. The summed E-state index contributed by atoms with van der Waals surface area (Å²) in [4.78, 5) is 0. The molecule has 2 rings (SSSR count). The van der Waals surface area contributed by atoms with Crippen molar-refractivity contribution in [1.29, 1.82) is 0 Å². The van der Waals surface area contributed by atoms with Crippen molar-refractivity contribution in [3.63, 3.8) is 0 Å². The van der Waals surface area contributed by atoms with Crippen LogP contribution in [-0.2, 0) is 0 Å². The average molecular weight is 328 g/mol. The average Bonchev–Trinajstić information content (AvgIpc) is 2.75. The first-order valence-electron chi connectivity index (χ1n) is 8.39. The second kappa shape index (κ2) is 9.02. The zero-order valence-electron chi connectivity index (χ0n) is 13.0. The Hall–Kier alpha value is -0.240. The van der Waals surface area contributed by atoms with E-state index in [-0.39, 0.29) is 0 Å². The van der Waals surface area contributed by atoms with Gasteiger partial charge in [0.25, 0.3) is 0 Å². The third-order valence-corrected chi connectivity index (χ3v) is 5.27. The molecule has 118 valence electrons. The summed E-state index contributed by atoms with van der Waals surface area (Å²) in [6, 6.07) is 6.49. The maximum atomic E-state index is 6.20. The van der Waals surface area contributed by atoms with Crippen molar-refractivity contribution in [2.24, 2.45) is 5.92 Å². The fourth-order valence-corrected chi connectivity index (χ4v) is 3.62. The van der Waals surface area contributed by atoms with Crippen molar-refractivity contribution in [2.75, 3.05) is 6.54 Å². The van der Waals surface area contributed by atoms with Crippen molar-refractivity contribution in [2.45, 2.75) is 64.3 Å². The predicted molar refractivity (Wildman–Crippen MR) is 93.3 cm³/mol. The summed E-state index contributed by atoms with van der Waals surface area (Å²) in [6.45, 7) is 3.27. The molecule has 0 radical (unpaired) electrons. The highest BCUT2D eigenvalue weighted by Crippen LogP contribution is 2.33. The summed E-state index contributed by atoms with van der Waals surface area (Å²) >= 11 is 12.3. The highest BCUT2D eigenvalue weighted by atomic mass is 35.5. The molecule has 0 aromatic heterocycles. The van der Waals surface area contributed by atoms with Gasteiger partial charge in [0.15, 0.2) is 0 Å². The Balaban J connectivity index is 2.06. The van der Waals surface area contributed by atoms with E-state index in [2.05, 4.69) is 18.3 Å². The van der Waals surface area contributed by atoms with E-state index in [0.29, 0.717) is 16.1 Å². The second-order valence-electron chi connectivity index (χ2n) is 6.27. The molecule has 21 heavy (non-hydrogen) atoms. The van der Waals surface area contributed by atoms with Gasteiger partial charge in [0, 0.05) is 6.04 Å². The summed E-state index contributed by atoms with van der Waals surface area (Å²) in [5.74, 6) is 0.844. The largest absolute Gasteiger partial charge is 0.310 e. The van der Waals surface area contributed by atoms with Crippen molar-refractivity contribution in [1.82, 2.24) is 5.32 Å². The molecule has 1 aliphatic carbocycles. The van der Waals surface area contributed by atoms with Crippen LogP contribution in [-0.4, -0.2) is 6.54 Å². The molecule has 0 heterocycles. The highest BCUT2D eigenvalue weighted by molar-refractivity contribution is 6.42. The van der Waals surface area contributed by atoms with Gasteiger partial charge < -0.3 is 5.32 Å². The van der Waals surface area contributed by atoms with Crippen molar-refractivity contribution in [3.8, 4) is 0 Å². The SMILES string of the molecule is CCCNC(CC1CCCCCC1)c1ccc(Cl)c(Cl)c1. The summed E-state index contributed by atoms with van der Waals surface area (Å²) in [5, 5.41) is 5.01. The van der Waals surface area contributed by atoms with Crippen LogP contribution in [0.3, 0.4) is 0 Å². The molecule has 0 spiro atoms. The summed E-state index contributed by atoms with van der Waals surface area (Å²) in [6.07, 6.45) is 10.8. The van der Waals surface area contributed by atoms with Gasteiger partial charge in [0.05, 0.1) is 10.0 Å². The minimum atomic E-state index is 0.405. The number of nitrogens with one attached hydrogen (secondary N) is 1. The lowest BCUT2D eigenvalue weighted by Gasteiger charge is -2.24. The van der Waals surface area contributed by atoms with Gasteiger partial charge in [-0.25, -0.2) is 0 Å². The Kier molecular flexibility index (Phi) is 7.36. The fraction of sp³-hybridized carbons (Fsp3) is 0.667. The Morgan fingerprint density at radius 1 is 1.10 bits per heavy atom. The molecular weight excluding hydrogens is 301 g/mol. The Morgan fingerprint density at radius 2 is 1.81 bits per heavy atom. The Labute approximate surface area is 139 Å². The molecule has 1 saturated carbocycles. The van der Waals surface area contributed by atoms with Crippen molar-refractivity contribution in [3.05, 3.63) is 33.8 Å². The molecule has 0 amide bonds. The van der Waals surface area contributed by atoms with Gasteiger partial charge in [-0.05, 0) is 43.0 Å². The molecule has 0 aliphatic heterocycles. The maximum Gasteiger partial charge on any atom is 0.0595 e. The lowest BCUT2D eigenvalue weighted by atomic mass is 9.89. The molecule has 1 unspecified atom stereocenters. The van der Waals surface area contributed by atoms with Crippen molar-refractivity contribution >= 4 is 23.2 Å². The zero-order chi connectivity index (χ0) is 15.1. The predicted octanol–water partition coefficient (Wildman–Crippen LogP) is 6.39. The van der Waals surface area contributed by atoms with Crippen LogP contribution in [0.4, 0.5) is 0 Å². The van der Waals surface area contributed by atoms with E-state index in [4.69, 9.17) is 23.2 Å². The monoisotopic (exact) mass is 327 g/mol. The molecule has 1 N–H and O–H groups in total. The van der Waals surface area contributed by atoms with Crippen LogP contribution in [0.1, 0.15) is 69.9 Å². The lowest BCUT2D eigenvalue weighted by molar-refractivity contribution is 0.356. The van der Waals surface area contributed by atoms with Gasteiger partial charge in [-0.1, -0.05) is 74.7 Å². The maximum absolute atomic E-state index is 6.20. The normalized spacial score (nSPS) is 18.4. The molecule has 1 nitrogen and oxygen atoms in total. The second-order valence-corrected chi connectivity index (χ2v) is 7.09. The third-order valence-electron chi connectivity index (χ3n) is 4.53. The van der Waals surface area contributed by atoms with Crippen LogP contribution in [0.25, 0.3) is 0 Å². The lowest BCUT2D eigenvalue weighted by Crippen LogP contribution is -2.24. The van der Waals surface area contributed by atoms with Crippen LogP contribution in [0.5, 0.6) is 0 Å². The number of rotatable bonds is 6.